The minimum atomic E-state index is -0.0634. The Bertz CT molecular complexity index is 569. The molecule has 1 aliphatic rings. The number of likely N-dealkylation sites (tertiary alicyclic amines) is 1. The van der Waals surface area contributed by atoms with Crippen LogP contribution in [0.15, 0.2) is 24.3 Å². The van der Waals surface area contributed by atoms with E-state index >= 15 is 0 Å². The molecule has 0 saturated carbocycles. The third-order valence-electron chi connectivity index (χ3n) is 4.25. The van der Waals surface area contributed by atoms with Gasteiger partial charge in [0.25, 0.3) is 0 Å². The van der Waals surface area contributed by atoms with Gasteiger partial charge in [0.15, 0.2) is 0 Å². The highest BCUT2D eigenvalue weighted by atomic mass is 35.5. The summed E-state index contributed by atoms with van der Waals surface area (Å²) in [5.41, 5.74) is 5.38. The Kier molecular flexibility index (Phi) is 10.4. The fourth-order valence-electron chi connectivity index (χ4n) is 2.92. The lowest BCUT2D eigenvalue weighted by Gasteiger charge is -2.36. The first-order chi connectivity index (χ1) is 12.1. The van der Waals surface area contributed by atoms with Crippen molar-refractivity contribution >= 4 is 35.8 Å². The summed E-state index contributed by atoms with van der Waals surface area (Å²) >= 11 is 5.83. The van der Waals surface area contributed by atoms with E-state index in [1.165, 1.54) is 0 Å². The molecule has 8 heteroatoms. The van der Waals surface area contributed by atoms with Gasteiger partial charge in [-0.05, 0) is 43.5 Å². The van der Waals surface area contributed by atoms with E-state index in [4.69, 9.17) is 22.1 Å². The maximum atomic E-state index is 12.5. The number of nitrogens with one attached hydrogen (secondary N) is 1. The lowest BCUT2D eigenvalue weighted by Crippen LogP contribution is -2.49. The van der Waals surface area contributed by atoms with Crippen LogP contribution in [0.25, 0.3) is 0 Å². The second-order valence-electron chi connectivity index (χ2n) is 6.13. The van der Waals surface area contributed by atoms with Crippen LogP contribution in [-0.4, -0.2) is 49.0 Å². The van der Waals surface area contributed by atoms with Gasteiger partial charge in [0.1, 0.15) is 5.75 Å². The molecule has 1 aliphatic heterocycles. The number of nitrogens with two attached hydrogens (primary N) is 1. The van der Waals surface area contributed by atoms with Gasteiger partial charge in [0.2, 0.25) is 11.8 Å². The fraction of sp³-hybridized carbons (Fsp3) is 0.556. The second-order valence-corrected chi connectivity index (χ2v) is 6.57. The number of rotatable bonds is 8. The number of benzene rings is 1. The SMILES string of the molecule is Cl.NCCC(=O)NCC1CCCCN1C(=O)CCOc1ccc(Cl)cc1. The van der Waals surface area contributed by atoms with Crippen LogP contribution in [0.4, 0.5) is 0 Å². The molecule has 0 spiro atoms. The molecule has 0 aliphatic carbocycles. The van der Waals surface area contributed by atoms with Crippen LogP contribution in [-0.2, 0) is 9.59 Å². The number of piperidine rings is 1. The molecule has 1 saturated heterocycles. The van der Waals surface area contributed by atoms with Crippen LogP contribution < -0.4 is 15.8 Å². The second kappa shape index (κ2) is 12.0. The van der Waals surface area contributed by atoms with E-state index < -0.39 is 0 Å². The number of hydrogen-bond donors (Lipinski definition) is 2. The van der Waals surface area contributed by atoms with Crippen molar-refractivity contribution in [1.82, 2.24) is 10.2 Å². The zero-order valence-electron chi connectivity index (χ0n) is 14.8. The molecule has 1 aromatic rings. The van der Waals surface area contributed by atoms with Crippen LogP contribution in [0.1, 0.15) is 32.1 Å². The molecule has 0 aromatic heterocycles. The van der Waals surface area contributed by atoms with Crippen molar-refractivity contribution in [2.24, 2.45) is 5.73 Å². The van der Waals surface area contributed by atoms with Crippen LogP contribution in [0.5, 0.6) is 5.75 Å². The minimum Gasteiger partial charge on any atom is -0.493 e. The van der Waals surface area contributed by atoms with E-state index in [9.17, 15) is 9.59 Å². The highest BCUT2D eigenvalue weighted by Gasteiger charge is 2.26. The molecule has 0 radical (unpaired) electrons. The summed E-state index contributed by atoms with van der Waals surface area (Å²) in [7, 11) is 0. The molecule has 1 atom stereocenters. The predicted molar refractivity (Wildman–Crippen MR) is 105 cm³/mol. The average Bonchev–Trinajstić information content (AvgIpc) is 2.62. The van der Waals surface area contributed by atoms with Crippen molar-refractivity contribution in [3.8, 4) is 5.75 Å². The number of ether oxygens (including phenoxy) is 1. The number of amides is 2. The molecule has 6 nitrogen and oxygen atoms in total. The quantitative estimate of drug-likeness (QED) is 0.697. The molecule has 26 heavy (non-hydrogen) atoms. The van der Waals surface area contributed by atoms with E-state index in [0.29, 0.717) is 43.3 Å². The maximum absolute atomic E-state index is 12.5. The first-order valence-corrected chi connectivity index (χ1v) is 9.12. The van der Waals surface area contributed by atoms with E-state index in [1.54, 1.807) is 24.3 Å². The molecule has 1 unspecified atom stereocenters. The molecule has 3 N–H and O–H groups in total. The number of carbonyl (C=O) groups excluding carboxylic acids is 2. The fourth-order valence-corrected chi connectivity index (χ4v) is 3.05. The largest absolute Gasteiger partial charge is 0.493 e. The Morgan fingerprint density at radius 1 is 1.23 bits per heavy atom. The third kappa shape index (κ3) is 7.40. The zero-order chi connectivity index (χ0) is 18.1. The topological polar surface area (TPSA) is 84.7 Å². The van der Waals surface area contributed by atoms with Crippen molar-refractivity contribution in [2.75, 3.05) is 26.2 Å². The van der Waals surface area contributed by atoms with E-state index in [0.717, 1.165) is 25.8 Å². The molecule has 2 rings (SSSR count). The third-order valence-corrected chi connectivity index (χ3v) is 4.50. The van der Waals surface area contributed by atoms with Crippen LogP contribution in [0, 0.1) is 0 Å². The van der Waals surface area contributed by atoms with Gasteiger partial charge in [0, 0.05) is 37.1 Å². The highest BCUT2D eigenvalue weighted by Crippen LogP contribution is 2.19. The summed E-state index contributed by atoms with van der Waals surface area (Å²) in [4.78, 5) is 26.0. The minimum absolute atomic E-state index is 0. The summed E-state index contributed by atoms with van der Waals surface area (Å²) < 4.78 is 5.60. The van der Waals surface area contributed by atoms with E-state index in [2.05, 4.69) is 5.32 Å². The summed E-state index contributed by atoms with van der Waals surface area (Å²) in [6, 6.07) is 7.12. The van der Waals surface area contributed by atoms with Crippen LogP contribution in [0.2, 0.25) is 5.02 Å². The van der Waals surface area contributed by atoms with E-state index in [-0.39, 0.29) is 30.3 Å². The first kappa shape index (κ1) is 22.5. The zero-order valence-corrected chi connectivity index (χ0v) is 16.4. The van der Waals surface area contributed by atoms with Crippen molar-refractivity contribution < 1.29 is 14.3 Å². The Morgan fingerprint density at radius 3 is 2.65 bits per heavy atom. The average molecular weight is 404 g/mol. The summed E-state index contributed by atoms with van der Waals surface area (Å²) in [6.45, 7) is 1.88. The first-order valence-electron chi connectivity index (χ1n) is 8.74. The Balaban J connectivity index is 0.00000338. The number of halogens is 2. The maximum Gasteiger partial charge on any atom is 0.226 e. The summed E-state index contributed by atoms with van der Waals surface area (Å²) in [6.07, 6.45) is 3.61. The molecule has 146 valence electrons. The van der Waals surface area contributed by atoms with Crippen LogP contribution >= 0.6 is 24.0 Å². The van der Waals surface area contributed by atoms with Gasteiger partial charge < -0.3 is 20.7 Å². The lowest BCUT2D eigenvalue weighted by atomic mass is 10.0. The summed E-state index contributed by atoms with van der Waals surface area (Å²) in [5.74, 6) is 0.694. The van der Waals surface area contributed by atoms with Gasteiger partial charge >= 0.3 is 0 Å². The molecule has 0 bridgehead atoms. The Morgan fingerprint density at radius 2 is 1.96 bits per heavy atom. The lowest BCUT2D eigenvalue weighted by molar-refractivity contribution is -0.136. The molecule has 1 fully saturated rings. The normalized spacial score (nSPS) is 16.5. The van der Waals surface area contributed by atoms with Gasteiger partial charge in [-0.25, -0.2) is 0 Å². The van der Waals surface area contributed by atoms with Crippen molar-refractivity contribution in [1.29, 1.82) is 0 Å². The molecule has 1 heterocycles. The number of hydrogen-bond acceptors (Lipinski definition) is 4. The van der Waals surface area contributed by atoms with Gasteiger partial charge in [-0.2, -0.15) is 0 Å². The smallest absolute Gasteiger partial charge is 0.226 e. The summed E-state index contributed by atoms with van der Waals surface area (Å²) in [5, 5.41) is 3.52. The molecule has 1 aromatic carbocycles. The van der Waals surface area contributed by atoms with Gasteiger partial charge in [-0.3, -0.25) is 9.59 Å². The van der Waals surface area contributed by atoms with Gasteiger partial charge in [-0.15, -0.1) is 12.4 Å². The predicted octanol–water partition coefficient (Wildman–Crippen LogP) is 2.38. The standard InChI is InChI=1S/C18H26ClN3O3.ClH/c19-14-4-6-16(7-5-14)25-12-9-18(24)22-11-2-1-3-15(22)13-21-17(23)8-10-20;/h4-7,15H,1-3,8-13,20H2,(H,21,23);1H. The Labute approximate surface area is 165 Å². The molecule has 2 amide bonds. The highest BCUT2D eigenvalue weighted by molar-refractivity contribution is 6.30. The number of carbonyl (C=O) groups is 2. The number of nitrogens with zero attached hydrogens (tertiary/aromatic N) is 1. The monoisotopic (exact) mass is 403 g/mol. The van der Waals surface area contributed by atoms with Crippen LogP contribution in [0.3, 0.4) is 0 Å². The molecular formula is C18H27Cl2N3O3. The van der Waals surface area contributed by atoms with Crippen molar-refractivity contribution in [3.63, 3.8) is 0 Å². The van der Waals surface area contributed by atoms with Crippen molar-refractivity contribution in [3.05, 3.63) is 29.3 Å². The van der Waals surface area contributed by atoms with Gasteiger partial charge in [-0.1, -0.05) is 11.6 Å². The van der Waals surface area contributed by atoms with Gasteiger partial charge in [0.05, 0.1) is 13.0 Å². The molecular weight excluding hydrogens is 377 g/mol. The Hall–Kier alpha value is -1.50. The van der Waals surface area contributed by atoms with Crippen molar-refractivity contribution in [2.45, 2.75) is 38.1 Å². The van der Waals surface area contributed by atoms with E-state index in [1.807, 2.05) is 4.90 Å².